The first-order valence-electron chi connectivity index (χ1n) is 5.09. The maximum absolute atomic E-state index is 11.3. The summed E-state index contributed by atoms with van der Waals surface area (Å²) in [6.45, 7) is -0.0194. The van der Waals surface area contributed by atoms with E-state index in [-0.39, 0.29) is 31.7 Å². The molecule has 17 heavy (non-hydrogen) atoms. The Labute approximate surface area is 96.7 Å². The number of carbonyl (C=O) groups is 4. The van der Waals surface area contributed by atoms with Crippen LogP contribution >= 0.6 is 0 Å². The van der Waals surface area contributed by atoms with Gasteiger partial charge < -0.3 is 15.7 Å². The van der Waals surface area contributed by atoms with Gasteiger partial charge in [0.25, 0.3) is 0 Å². The molecule has 0 spiro atoms. The van der Waals surface area contributed by atoms with Gasteiger partial charge in [-0.2, -0.15) is 0 Å². The van der Waals surface area contributed by atoms with Crippen LogP contribution in [0.3, 0.4) is 0 Å². The number of hydrogen-bond donors (Lipinski definition) is 4. The molecule has 1 unspecified atom stereocenters. The number of carbonyl (C=O) groups excluding carboxylic acids is 3. The number of imide groups is 1. The topological polar surface area (TPSA) is 125 Å². The van der Waals surface area contributed by atoms with E-state index in [0.717, 1.165) is 0 Å². The second kappa shape index (κ2) is 5.83. The maximum Gasteiger partial charge on any atom is 0.315 e. The SMILES string of the molecule is O=C(O)CCNC(=O)NC1CCC(=O)NC1=O. The average molecular weight is 243 g/mol. The van der Waals surface area contributed by atoms with E-state index in [4.69, 9.17) is 5.11 Å². The smallest absolute Gasteiger partial charge is 0.315 e. The molecule has 1 saturated heterocycles. The van der Waals surface area contributed by atoms with Crippen LogP contribution in [-0.4, -0.2) is 41.5 Å². The predicted molar refractivity (Wildman–Crippen MR) is 55.0 cm³/mol. The Balaban J connectivity index is 2.28. The van der Waals surface area contributed by atoms with Crippen molar-refractivity contribution in [3.05, 3.63) is 0 Å². The highest BCUT2D eigenvalue weighted by Gasteiger charge is 2.27. The molecule has 1 aliphatic rings. The van der Waals surface area contributed by atoms with E-state index in [1.54, 1.807) is 0 Å². The Morgan fingerprint density at radius 1 is 1.41 bits per heavy atom. The zero-order valence-electron chi connectivity index (χ0n) is 8.99. The normalized spacial score (nSPS) is 19.4. The van der Waals surface area contributed by atoms with Crippen molar-refractivity contribution in [2.24, 2.45) is 0 Å². The third kappa shape index (κ3) is 4.49. The second-order valence-electron chi connectivity index (χ2n) is 3.55. The molecule has 1 atom stereocenters. The van der Waals surface area contributed by atoms with E-state index in [0.29, 0.717) is 0 Å². The molecule has 0 radical (unpaired) electrons. The fraction of sp³-hybridized carbons (Fsp3) is 0.556. The van der Waals surface area contributed by atoms with Gasteiger partial charge in [-0.15, -0.1) is 0 Å². The number of nitrogens with one attached hydrogen (secondary N) is 3. The summed E-state index contributed by atoms with van der Waals surface area (Å²) < 4.78 is 0. The number of hydrogen-bond acceptors (Lipinski definition) is 4. The van der Waals surface area contributed by atoms with Crippen LogP contribution in [0, 0.1) is 0 Å². The van der Waals surface area contributed by atoms with E-state index < -0.39 is 23.9 Å². The molecule has 0 aromatic heterocycles. The molecule has 1 aliphatic heterocycles. The van der Waals surface area contributed by atoms with E-state index in [2.05, 4.69) is 16.0 Å². The molecule has 1 rings (SSSR count). The summed E-state index contributed by atoms with van der Waals surface area (Å²) in [5.41, 5.74) is 0. The average Bonchev–Trinajstić information content (AvgIpc) is 2.21. The second-order valence-corrected chi connectivity index (χ2v) is 3.55. The van der Waals surface area contributed by atoms with Crippen molar-refractivity contribution < 1.29 is 24.3 Å². The zero-order chi connectivity index (χ0) is 12.8. The van der Waals surface area contributed by atoms with Crippen LogP contribution in [0.5, 0.6) is 0 Å². The summed E-state index contributed by atoms with van der Waals surface area (Å²) in [4.78, 5) is 43.5. The van der Waals surface area contributed by atoms with Crippen molar-refractivity contribution in [3.8, 4) is 0 Å². The van der Waals surface area contributed by atoms with Gasteiger partial charge in [0.05, 0.1) is 6.42 Å². The molecule has 8 nitrogen and oxygen atoms in total. The van der Waals surface area contributed by atoms with Crippen molar-refractivity contribution in [1.82, 2.24) is 16.0 Å². The number of piperidine rings is 1. The standard InChI is InChI=1S/C9H13N3O5/c13-6-2-1-5(8(16)12-6)11-9(17)10-4-3-7(14)15/h5H,1-4H2,(H,14,15)(H2,10,11,17)(H,12,13,16). The Bertz CT molecular complexity index is 355. The Kier molecular flexibility index (Phi) is 4.44. The van der Waals surface area contributed by atoms with Crippen molar-refractivity contribution in [2.45, 2.75) is 25.3 Å². The lowest BCUT2D eigenvalue weighted by Gasteiger charge is -2.21. The maximum atomic E-state index is 11.3. The molecule has 4 amide bonds. The van der Waals surface area contributed by atoms with Crippen molar-refractivity contribution in [3.63, 3.8) is 0 Å². The highest BCUT2D eigenvalue weighted by molar-refractivity contribution is 6.01. The van der Waals surface area contributed by atoms with Crippen LogP contribution < -0.4 is 16.0 Å². The van der Waals surface area contributed by atoms with Crippen LogP contribution in [0.4, 0.5) is 4.79 Å². The molecule has 0 aromatic carbocycles. The molecule has 0 bridgehead atoms. The molecule has 0 aromatic rings. The number of carboxylic acid groups (broad SMARTS) is 1. The Morgan fingerprint density at radius 2 is 2.12 bits per heavy atom. The van der Waals surface area contributed by atoms with Gasteiger partial charge in [-0.3, -0.25) is 19.7 Å². The fourth-order valence-corrected chi connectivity index (χ4v) is 1.32. The summed E-state index contributed by atoms with van der Waals surface area (Å²) in [6.07, 6.45) is 0.228. The molecule has 8 heteroatoms. The lowest BCUT2D eigenvalue weighted by Crippen LogP contribution is -2.54. The third-order valence-electron chi connectivity index (χ3n) is 2.17. The van der Waals surface area contributed by atoms with Gasteiger partial charge in [0, 0.05) is 13.0 Å². The van der Waals surface area contributed by atoms with Gasteiger partial charge in [0.15, 0.2) is 0 Å². The molecule has 4 N–H and O–H groups in total. The minimum Gasteiger partial charge on any atom is -0.481 e. The van der Waals surface area contributed by atoms with Gasteiger partial charge in [-0.05, 0) is 6.42 Å². The number of urea groups is 1. The summed E-state index contributed by atoms with van der Waals surface area (Å²) in [5, 5.41) is 15.1. The monoisotopic (exact) mass is 243 g/mol. The van der Waals surface area contributed by atoms with Gasteiger partial charge >= 0.3 is 12.0 Å². The van der Waals surface area contributed by atoms with Gasteiger partial charge in [-0.1, -0.05) is 0 Å². The number of amides is 4. The number of aliphatic carboxylic acids is 1. The van der Waals surface area contributed by atoms with E-state index in [9.17, 15) is 19.2 Å². The van der Waals surface area contributed by atoms with Crippen LogP contribution in [-0.2, 0) is 14.4 Å². The molecule has 1 fully saturated rings. The van der Waals surface area contributed by atoms with Crippen molar-refractivity contribution >= 4 is 23.8 Å². The summed E-state index contributed by atoms with van der Waals surface area (Å²) in [7, 11) is 0. The third-order valence-corrected chi connectivity index (χ3v) is 2.17. The first kappa shape index (κ1) is 12.9. The fourth-order valence-electron chi connectivity index (χ4n) is 1.32. The Hall–Kier alpha value is -2.12. The predicted octanol–water partition coefficient (Wildman–Crippen LogP) is -1.43. The molecule has 1 heterocycles. The molecule has 0 saturated carbocycles. The number of rotatable bonds is 4. The largest absolute Gasteiger partial charge is 0.481 e. The minimum absolute atomic E-state index is 0.0194. The van der Waals surface area contributed by atoms with Crippen molar-refractivity contribution in [1.29, 1.82) is 0 Å². The van der Waals surface area contributed by atoms with E-state index in [1.807, 2.05) is 0 Å². The molecular formula is C9H13N3O5. The van der Waals surface area contributed by atoms with Gasteiger partial charge in [0.2, 0.25) is 11.8 Å². The summed E-state index contributed by atoms with van der Waals surface area (Å²) in [5.74, 6) is -1.93. The van der Waals surface area contributed by atoms with E-state index in [1.165, 1.54) is 0 Å². The first-order chi connectivity index (χ1) is 7.99. The zero-order valence-corrected chi connectivity index (χ0v) is 8.99. The summed E-state index contributed by atoms with van der Waals surface area (Å²) >= 11 is 0. The lowest BCUT2D eigenvalue weighted by atomic mass is 10.1. The summed E-state index contributed by atoms with van der Waals surface area (Å²) in [6, 6.07) is -1.38. The highest BCUT2D eigenvalue weighted by atomic mass is 16.4. The van der Waals surface area contributed by atoms with Crippen molar-refractivity contribution in [2.75, 3.05) is 6.54 Å². The first-order valence-corrected chi connectivity index (χ1v) is 5.09. The highest BCUT2D eigenvalue weighted by Crippen LogP contribution is 2.03. The van der Waals surface area contributed by atoms with Gasteiger partial charge in [0.1, 0.15) is 6.04 Å². The molecule has 94 valence electrons. The lowest BCUT2D eigenvalue weighted by molar-refractivity contribution is -0.137. The van der Waals surface area contributed by atoms with Crippen LogP contribution in [0.2, 0.25) is 0 Å². The quantitative estimate of drug-likeness (QED) is 0.450. The minimum atomic E-state index is -1.02. The number of carboxylic acids is 1. The molecule has 0 aliphatic carbocycles. The van der Waals surface area contributed by atoms with Crippen LogP contribution in [0.15, 0.2) is 0 Å². The van der Waals surface area contributed by atoms with Gasteiger partial charge in [-0.25, -0.2) is 4.79 Å². The Morgan fingerprint density at radius 3 is 2.71 bits per heavy atom. The van der Waals surface area contributed by atoms with Crippen LogP contribution in [0.1, 0.15) is 19.3 Å². The van der Waals surface area contributed by atoms with E-state index >= 15 is 0 Å². The molecular weight excluding hydrogens is 230 g/mol. The van der Waals surface area contributed by atoms with Crippen LogP contribution in [0.25, 0.3) is 0 Å².